The number of nitrogens with one attached hydrogen (secondary N) is 1. The Kier molecular flexibility index (Phi) is 5.68. The number of nitrogens with zero attached hydrogens (tertiary/aromatic N) is 3. The smallest absolute Gasteiger partial charge is 0.317 e. The van der Waals surface area contributed by atoms with Crippen molar-refractivity contribution in [3.63, 3.8) is 0 Å². The molecule has 0 bridgehead atoms. The first-order valence-corrected chi connectivity index (χ1v) is 7.78. The van der Waals surface area contributed by atoms with Crippen LogP contribution in [0.1, 0.15) is 5.56 Å². The minimum atomic E-state index is -0.0625. The zero-order valence-corrected chi connectivity index (χ0v) is 13.1. The number of amides is 2. The highest BCUT2D eigenvalue weighted by atomic mass is 32.2. The van der Waals surface area contributed by atoms with Crippen LogP contribution in [0.5, 0.6) is 0 Å². The van der Waals surface area contributed by atoms with Gasteiger partial charge in [0.05, 0.1) is 12.7 Å². The predicted octanol–water partition coefficient (Wildman–Crippen LogP) is 2.35. The molecule has 0 aliphatic rings. The number of carbonyl (C=O) groups excluding carboxylic acids is 1. The van der Waals surface area contributed by atoms with Crippen LogP contribution in [0.25, 0.3) is 0 Å². The van der Waals surface area contributed by atoms with E-state index in [4.69, 9.17) is 0 Å². The third kappa shape index (κ3) is 5.15. The third-order valence-electron chi connectivity index (χ3n) is 2.92. The van der Waals surface area contributed by atoms with Crippen molar-refractivity contribution in [1.82, 2.24) is 20.0 Å². The lowest BCUT2D eigenvalue weighted by molar-refractivity contribution is 0.207. The molecule has 112 valence electrons. The van der Waals surface area contributed by atoms with E-state index >= 15 is 0 Å². The summed E-state index contributed by atoms with van der Waals surface area (Å²) in [4.78, 5) is 14.8. The molecule has 0 saturated carbocycles. The molecule has 2 rings (SSSR count). The highest BCUT2D eigenvalue weighted by molar-refractivity contribution is 7.99. The van der Waals surface area contributed by atoms with Crippen LogP contribution >= 0.6 is 11.8 Å². The molecule has 1 aromatic heterocycles. The van der Waals surface area contributed by atoms with Crippen molar-refractivity contribution in [2.75, 3.05) is 19.3 Å². The lowest BCUT2D eigenvalue weighted by atomic mass is 10.3. The minimum absolute atomic E-state index is 0.0625. The van der Waals surface area contributed by atoms with Gasteiger partial charge in [0.2, 0.25) is 0 Å². The molecule has 0 atom stereocenters. The lowest BCUT2D eigenvalue weighted by Crippen LogP contribution is -2.37. The number of carbonyl (C=O) groups is 1. The number of rotatable bonds is 6. The van der Waals surface area contributed by atoms with Crippen LogP contribution < -0.4 is 5.32 Å². The van der Waals surface area contributed by atoms with E-state index in [0.29, 0.717) is 13.1 Å². The van der Waals surface area contributed by atoms with Gasteiger partial charge in [-0.05, 0) is 12.1 Å². The maximum atomic E-state index is 11.9. The van der Waals surface area contributed by atoms with E-state index in [2.05, 4.69) is 22.5 Å². The molecule has 2 aromatic rings. The number of thioether (sulfide) groups is 1. The Morgan fingerprint density at radius 1 is 1.38 bits per heavy atom. The van der Waals surface area contributed by atoms with Crippen molar-refractivity contribution in [1.29, 1.82) is 0 Å². The molecule has 0 radical (unpaired) electrons. The van der Waals surface area contributed by atoms with E-state index < -0.39 is 0 Å². The maximum absolute atomic E-state index is 11.9. The van der Waals surface area contributed by atoms with Gasteiger partial charge in [-0.15, -0.1) is 11.8 Å². The summed E-state index contributed by atoms with van der Waals surface area (Å²) in [7, 11) is 3.65. The average Bonchev–Trinajstić information content (AvgIpc) is 2.89. The third-order valence-corrected chi connectivity index (χ3v) is 3.93. The van der Waals surface area contributed by atoms with Crippen molar-refractivity contribution >= 4 is 17.8 Å². The van der Waals surface area contributed by atoms with E-state index in [1.807, 2.05) is 31.4 Å². The largest absolute Gasteiger partial charge is 0.337 e. The Balaban J connectivity index is 1.67. The summed E-state index contributed by atoms with van der Waals surface area (Å²) in [6.45, 7) is 1.21. The van der Waals surface area contributed by atoms with Gasteiger partial charge in [-0.3, -0.25) is 4.68 Å². The molecule has 0 fully saturated rings. The molecule has 1 aromatic carbocycles. The summed E-state index contributed by atoms with van der Waals surface area (Å²) in [6.07, 6.45) is 3.68. The summed E-state index contributed by atoms with van der Waals surface area (Å²) >= 11 is 1.73. The van der Waals surface area contributed by atoms with Crippen LogP contribution in [-0.4, -0.2) is 40.1 Å². The van der Waals surface area contributed by atoms with Crippen LogP contribution in [0.15, 0.2) is 47.6 Å². The molecular weight excluding hydrogens is 284 g/mol. The van der Waals surface area contributed by atoms with E-state index in [1.54, 1.807) is 34.6 Å². The van der Waals surface area contributed by atoms with Crippen LogP contribution in [0.3, 0.4) is 0 Å². The van der Waals surface area contributed by atoms with Crippen molar-refractivity contribution in [3.8, 4) is 0 Å². The van der Waals surface area contributed by atoms with Gasteiger partial charge in [-0.25, -0.2) is 4.79 Å². The number of aryl methyl sites for hydroxylation is 1. The second-order valence-corrected chi connectivity index (χ2v) is 5.94. The lowest BCUT2D eigenvalue weighted by Gasteiger charge is -2.17. The monoisotopic (exact) mass is 304 g/mol. The normalized spacial score (nSPS) is 10.4. The predicted molar refractivity (Wildman–Crippen MR) is 85.2 cm³/mol. The molecule has 0 spiro atoms. The number of benzene rings is 1. The molecule has 1 heterocycles. The quantitative estimate of drug-likeness (QED) is 0.658. The Morgan fingerprint density at radius 3 is 2.81 bits per heavy atom. The van der Waals surface area contributed by atoms with Gasteiger partial charge in [0.1, 0.15) is 0 Å². The van der Waals surface area contributed by atoms with Crippen LogP contribution in [0, 0.1) is 0 Å². The number of hydrogen-bond donors (Lipinski definition) is 1. The summed E-state index contributed by atoms with van der Waals surface area (Å²) < 4.78 is 1.73. The fourth-order valence-electron chi connectivity index (χ4n) is 1.88. The van der Waals surface area contributed by atoms with Gasteiger partial charge in [-0.2, -0.15) is 5.10 Å². The number of hydrogen-bond acceptors (Lipinski definition) is 3. The van der Waals surface area contributed by atoms with E-state index in [1.165, 1.54) is 4.90 Å². The second kappa shape index (κ2) is 7.73. The molecule has 0 aliphatic heterocycles. The summed E-state index contributed by atoms with van der Waals surface area (Å²) in [5.74, 6) is 0.858. The van der Waals surface area contributed by atoms with Crippen molar-refractivity contribution in [2.45, 2.75) is 11.4 Å². The maximum Gasteiger partial charge on any atom is 0.317 e. The molecule has 5 nitrogen and oxygen atoms in total. The number of urea groups is 1. The molecule has 6 heteroatoms. The Labute approximate surface area is 129 Å². The van der Waals surface area contributed by atoms with Gasteiger partial charge in [0.25, 0.3) is 0 Å². The molecule has 2 amide bonds. The first-order chi connectivity index (χ1) is 10.1. The fraction of sp³-hybridized carbons (Fsp3) is 0.333. The topological polar surface area (TPSA) is 50.2 Å². The molecule has 0 saturated heterocycles. The first kappa shape index (κ1) is 15.4. The van der Waals surface area contributed by atoms with Crippen molar-refractivity contribution < 1.29 is 4.79 Å². The summed E-state index contributed by atoms with van der Waals surface area (Å²) in [5.41, 5.74) is 1.02. The fourth-order valence-corrected chi connectivity index (χ4v) is 2.67. The molecule has 1 N–H and O–H groups in total. The Morgan fingerprint density at radius 2 is 2.14 bits per heavy atom. The van der Waals surface area contributed by atoms with Crippen molar-refractivity contribution in [2.24, 2.45) is 7.05 Å². The van der Waals surface area contributed by atoms with Gasteiger partial charge < -0.3 is 10.2 Å². The summed E-state index contributed by atoms with van der Waals surface area (Å²) in [6, 6.07) is 10.1. The van der Waals surface area contributed by atoms with Gasteiger partial charge in [0.15, 0.2) is 0 Å². The highest BCUT2D eigenvalue weighted by Crippen LogP contribution is 2.15. The Bertz CT molecular complexity index is 570. The average molecular weight is 304 g/mol. The van der Waals surface area contributed by atoms with E-state index in [0.717, 1.165) is 11.3 Å². The standard InChI is InChI=1S/C15H20N4OS/c1-18(11-13-10-17-19(2)12-13)15(20)16-8-9-21-14-6-4-3-5-7-14/h3-7,10,12H,8-9,11H2,1-2H3,(H,16,20). The van der Waals surface area contributed by atoms with Crippen LogP contribution in [0.2, 0.25) is 0 Å². The Hall–Kier alpha value is -1.95. The van der Waals surface area contributed by atoms with Crippen LogP contribution in [0.4, 0.5) is 4.79 Å². The van der Waals surface area contributed by atoms with Crippen molar-refractivity contribution in [3.05, 3.63) is 48.3 Å². The highest BCUT2D eigenvalue weighted by Gasteiger charge is 2.09. The second-order valence-electron chi connectivity index (χ2n) is 4.77. The molecule has 0 aliphatic carbocycles. The van der Waals surface area contributed by atoms with Crippen LogP contribution in [-0.2, 0) is 13.6 Å². The van der Waals surface area contributed by atoms with Gasteiger partial charge >= 0.3 is 6.03 Å². The van der Waals surface area contributed by atoms with Gasteiger partial charge in [-0.1, -0.05) is 18.2 Å². The SMILES string of the molecule is CN(Cc1cnn(C)c1)C(=O)NCCSc1ccccc1. The molecule has 0 unspecified atom stereocenters. The zero-order chi connectivity index (χ0) is 15.1. The summed E-state index contributed by atoms with van der Waals surface area (Å²) in [5, 5.41) is 7.01. The van der Waals surface area contributed by atoms with Gasteiger partial charge in [0, 0.05) is 43.0 Å². The van der Waals surface area contributed by atoms with E-state index in [9.17, 15) is 4.79 Å². The molecule has 21 heavy (non-hydrogen) atoms. The van der Waals surface area contributed by atoms with E-state index in [-0.39, 0.29) is 6.03 Å². The molecular formula is C15H20N4OS. The zero-order valence-electron chi connectivity index (χ0n) is 12.3. The first-order valence-electron chi connectivity index (χ1n) is 6.79. The number of aromatic nitrogens is 2. The minimum Gasteiger partial charge on any atom is -0.337 e.